The van der Waals surface area contributed by atoms with Crippen LogP contribution in [0.4, 0.5) is 0 Å². The second-order valence-corrected chi connectivity index (χ2v) is 6.71. The molecule has 0 aliphatic heterocycles. The Labute approximate surface area is 169 Å². The fourth-order valence-electron chi connectivity index (χ4n) is 2.22. The summed E-state index contributed by atoms with van der Waals surface area (Å²) < 4.78 is 11.2. The highest BCUT2D eigenvalue weighted by Crippen LogP contribution is 2.21. The first-order valence-corrected chi connectivity index (χ1v) is 8.46. The number of rotatable bonds is 8. The van der Waals surface area contributed by atoms with Gasteiger partial charge >= 0.3 is 0 Å². The highest BCUT2D eigenvalue weighted by atomic mass is 127. The van der Waals surface area contributed by atoms with Gasteiger partial charge in [0.05, 0.1) is 12.7 Å². The van der Waals surface area contributed by atoms with Crippen molar-refractivity contribution in [3.05, 3.63) is 23.9 Å². The molecule has 1 heterocycles. The Balaban J connectivity index is 0.00000576. The molecule has 0 spiro atoms. The zero-order valence-corrected chi connectivity index (χ0v) is 18.6. The number of pyridine rings is 1. The molecule has 0 fully saturated rings. The van der Waals surface area contributed by atoms with E-state index in [0.717, 1.165) is 17.9 Å². The highest BCUT2D eigenvalue weighted by molar-refractivity contribution is 14.0. The third-order valence-electron chi connectivity index (χ3n) is 3.67. The molecule has 0 aliphatic carbocycles. The molecule has 0 saturated heterocycles. The minimum atomic E-state index is 0. The molecule has 1 atom stereocenters. The van der Waals surface area contributed by atoms with Crippen LogP contribution in [0.2, 0.25) is 0 Å². The van der Waals surface area contributed by atoms with Crippen molar-refractivity contribution >= 4 is 29.9 Å². The van der Waals surface area contributed by atoms with Crippen LogP contribution in [0.5, 0.6) is 5.88 Å². The molecule has 0 amide bonds. The van der Waals surface area contributed by atoms with Gasteiger partial charge in [0.1, 0.15) is 0 Å². The van der Waals surface area contributed by atoms with Crippen molar-refractivity contribution in [1.29, 1.82) is 0 Å². The molecule has 1 aromatic rings. The van der Waals surface area contributed by atoms with Gasteiger partial charge in [-0.3, -0.25) is 4.99 Å². The normalized spacial score (nSPS) is 13.0. The van der Waals surface area contributed by atoms with Gasteiger partial charge in [-0.1, -0.05) is 33.8 Å². The monoisotopic (exact) mass is 464 g/mol. The van der Waals surface area contributed by atoms with Crippen molar-refractivity contribution in [2.24, 2.45) is 10.4 Å². The van der Waals surface area contributed by atoms with Crippen LogP contribution in [0.1, 0.15) is 39.7 Å². The molecule has 1 rings (SSSR count). The van der Waals surface area contributed by atoms with Crippen molar-refractivity contribution in [2.75, 3.05) is 27.3 Å². The van der Waals surface area contributed by atoms with E-state index < -0.39 is 0 Å². The second kappa shape index (κ2) is 12.3. The number of halogens is 1. The maximum Gasteiger partial charge on any atom is 0.218 e. The first-order valence-electron chi connectivity index (χ1n) is 8.46. The van der Waals surface area contributed by atoms with Crippen LogP contribution in [-0.4, -0.2) is 44.4 Å². The number of aromatic nitrogens is 1. The van der Waals surface area contributed by atoms with Gasteiger partial charge in [-0.05, 0) is 17.9 Å². The van der Waals surface area contributed by atoms with Crippen molar-refractivity contribution < 1.29 is 9.47 Å². The van der Waals surface area contributed by atoms with Gasteiger partial charge in [-0.25, -0.2) is 4.98 Å². The van der Waals surface area contributed by atoms with Crippen molar-refractivity contribution in [2.45, 2.75) is 46.8 Å². The highest BCUT2D eigenvalue weighted by Gasteiger charge is 2.24. The van der Waals surface area contributed by atoms with E-state index in [1.807, 2.05) is 12.1 Å². The van der Waals surface area contributed by atoms with Crippen LogP contribution in [-0.2, 0) is 11.3 Å². The number of hydrogen-bond donors (Lipinski definition) is 2. The second-order valence-electron chi connectivity index (χ2n) is 6.71. The first kappa shape index (κ1) is 23.9. The zero-order chi connectivity index (χ0) is 18.0. The lowest BCUT2D eigenvalue weighted by Gasteiger charge is -2.30. The van der Waals surface area contributed by atoms with Crippen molar-refractivity contribution in [1.82, 2.24) is 15.6 Å². The molecule has 144 valence electrons. The maximum atomic E-state index is 5.68. The minimum absolute atomic E-state index is 0. The number of ether oxygens (including phenoxy) is 2. The van der Waals surface area contributed by atoms with Crippen LogP contribution in [0.15, 0.2) is 23.3 Å². The van der Waals surface area contributed by atoms with E-state index in [1.165, 1.54) is 0 Å². The lowest BCUT2D eigenvalue weighted by molar-refractivity contribution is 0.0205. The molecule has 0 aromatic carbocycles. The molecule has 0 saturated carbocycles. The lowest BCUT2D eigenvalue weighted by Crippen LogP contribution is -2.45. The van der Waals surface area contributed by atoms with E-state index in [1.54, 1.807) is 20.4 Å². The third kappa shape index (κ3) is 8.71. The standard InChI is InChI=1S/C18H32N4O2.HI/c1-7-11-24-16-14(9-8-10-20-16)12-21-17(19-5)22-13-15(23-6)18(2,3)4;/h8-10,15H,7,11-13H2,1-6H3,(H2,19,21,22);1H. The van der Waals surface area contributed by atoms with Crippen LogP contribution < -0.4 is 15.4 Å². The molecule has 1 unspecified atom stereocenters. The summed E-state index contributed by atoms with van der Waals surface area (Å²) in [6, 6.07) is 3.91. The molecule has 1 aromatic heterocycles. The molecule has 6 nitrogen and oxygen atoms in total. The lowest BCUT2D eigenvalue weighted by atomic mass is 9.89. The van der Waals surface area contributed by atoms with Gasteiger partial charge in [-0.2, -0.15) is 0 Å². The van der Waals surface area contributed by atoms with Gasteiger partial charge in [0.15, 0.2) is 5.96 Å². The van der Waals surface area contributed by atoms with Gasteiger partial charge < -0.3 is 20.1 Å². The van der Waals surface area contributed by atoms with Gasteiger partial charge in [0, 0.05) is 39.0 Å². The van der Waals surface area contributed by atoms with Crippen LogP contribution >= 0.6 is 24.0 Å². The Kier molecular flexibility index (Phi) is 11.8. The fraction of sp³-hybridized carbons (Fsp3) is 0.667. The molecule has 0 radical (unpaired) electrons. The Morgan fingerprint density at radius 1 is 1.32 bits per heavy atom. The summed E-state index contributed by atoms with van der Waals surface area (Å²) >= 11 is 0. The van der Waals surface area contributed by atoms with Gasteiger partial charge in [0.25, 0.3) is 0 Å². The van der Waals surface area contributed by atoms with Gasteiger partial charge in [-0.15, -0.1) is 24.0 Å². The van der Waals surface area contributed by atoms with Crippen LogP contribution in [0.3, 0.4) is 0 Å². The minimum Gasteiger partial charge on any atom is -0.477 e. The average molecular weight is 464 g/mol. The topological polar surface area (TPSA) is 67.8 Å². The van der Waals surface area contributed by atoms with Crippen molar-refractivity contribution in [3.63, 3.8) is 0 Å². The van der Waals surface area contributed by atoms with E-state index in [9.17, 15) is 0 Å². The Hall–Kier alpha value is -1.09. The first-order chi connectivity index (χ1) is 11.4. The molecular formula is C18H33IN4O2. The number of nitrogens with zero attached hydrogens (tertiary/aromatic N) is 2. The van der Waals surface area contributed by atoms with E-state index in [0.29, 0.717) is 25.6 Å². The van der Waals surface area contributed by atoms with Gasteiger partial charge in [0.2, 0.25) is 5.88 Å². The Morgan fingerprint density at radius 3 is 2.60 bits per heavy atom. The molecule has 7 heteroatoms. The Bertz CT molecular complexity index is 518. The number of hydrogen-bond acceptors (Lipinski definition) is 4. The van der Waals surface area contributed by atoms with E-state index >= 15 is 0 Å². The number of methoxy groups -OCH3 is 1. The predicted octanol–water partition coefficient (Wildman–Crippen LogP) is 3.21. The summed E-state index contributed by atoms with van der Waals surface area (Å²) in [5.74, 6) is 1.40. The van der Waals surface area contributed by atoms with E-state index in [2.05, 4.69) is 48.3 Å². The fourth-order valence-corrected chi connectivity index (χ4v) is 2.22. The van der Waals surface area contributed by atoms with Crippen molar-refractivity contribution in [3.8, 4) is 5.88 Å². The average Bonchev–Trinajstić information content (AvgIpc) is 2.55. The number of aliphatic imine (C=N–C) groups is 1. The van der Waals surface area contributed by atoms with E-state index in [4.69, 9.17) is 9.47 Å². The molecular weight excluding hydrogens is 431 g/mol. The summed E-state index contributed by atoms with van der Waals surface area (Å²) in [6.45, 7) is 10.5. The predicted molar refractivity (Wildman–Crippen MR) is 114 cm³/mol. The largest absolute Gasteiger partial charge is 0.477 e. The quantitative estimate of drug-likeness (QED) is 0.352. The molecule has 0 bridgehead atoms. The summed E-state index contributed by atoms with van der Waals surface area (Å²) in [5.41, 5.74) is 1.07. The summed E-state index contributed by atoms with van der Waals surface area (Å²) in [7, 11) is 3.49. The zero-order valence-electron chi connectivity index (χ0n) is 16.3. The van der Waals surface area contributed by atoms with E-state index in [-0.39, 0.29) is 35.5 Å². The molecule has 25 heavy (non-hydrogen) atoms. The number of nitrogens with one attached hydrogen (secondary N) is 2. The van der Waals surface area contributed by atoms with Crippen LogP contribution in [0, 0.1) is 5.41 Å². The summed E-state index contributed by atoms with van der Waals surface area (Å²) in [6.07, 6.45) is 2.80. The summed E-state index contributed by atoms with van der Waals surface area (Å²) in [4.78, 5) is 8.56. The Morgan fingerprint density at radius 2 is 2.04 bits per heavy atom. The summed E-state index contributed by atoms with van der Waals surface area (Å²) in [5, 5.41) is 6.61. The third-order valence-corrected chi connectivity index (χ3v) is 3.67. The molecule has 0 aliphatic rings. The smallest absolute Gasteiger partial charge is 0.218 e. The maximum absolute atomic E-state index is 5.68. The number of guanidine groups is 1. The van der Waals surface area contributed by atoms with Crippen LogP contribution in [0.25, 0.3) is 0 Å². The molecule has 2 N–H and O–H groups in total. The SMILES string of the molecule is CCCOc1ncccc1CNC(=NC)NCC(OC)C(C)(C)C.I.